The first-order valence-electron chi connectivity index (χ1n) is 13.4. The van der Waals surface area contributed by atoms with Crippen LogP contribution in [0.25, 0.3) is 16.9 Å². The molecule has 0 atom stereocenters. The van der Waals surface area contributed by atoms with E-state index in [0.717, 1.165) is 59.2 Å². The summed E-state index contributed by atoms with van der Waals surface area (Å²) in [7, 11) is 1.44. The van der Waals surface area contributed by atoms with Crippen molar-refractivity contribution in [3.8, 4) is 11.1 Å². The standard InChI is InChI=1S/C30H34N6O3/c1-5-8-26-25(28(38)35(18-30(3)15-16-30)29-32-20(2)33-36(26)29)17-21-11-13-22(14-12-21)23-9-6-7-10-24(23)27(31-19-37)34-39-4/h6-7,9-14,19H,5,8,15-18H2,1-4H3,(H,31,34,37). The number of carbonyl (C=O) groups excluding carboxylic acids is 1. The summed E-state index contributed by atoms with van der Waals surface area (Å²) in [5, 5.41) is 11.3. The number of amides is 1. The highest BCUT2D eigenvalue weighted by molar-refractivity contribution is 6.08. The van der Waals surface area contributed by atoms with Gasteiger partial charge in [0.25, 0.3) is 5.56 Å². The number of nitrogens with zero attached hydrogens (tertiary/aromatic N) is 5. The van der Waals surface area contributed by atoms with Crippen LogP contribution in [0.4, 0.5) is 0 Å². The number of aromatic nitrogens is 4. The molecular weight excluding hydrogens is 492 g/mol. The Morgan fingerprint density at radius 3 is 2.59 bits per heavy atom. The van der Waals surface area contributed by atoms with Gasteiger partial charge in [0.2, 0.25) is 12.2 Å². The molecule has 202 valence electrons. The van der Waals surface area contributed by atoms with E-state index in [-0.39, 0.29) is 11.0 Å². The molecule has 0 spiro atoms. The average molecular weight is 527 g/mol. The van der Waals surface area contributed by atoms with Gasteiger partial charge in [0.1, 0.15) is 12.9 Å². The average Bonchev–Trinajstić information content (AvgIpc) is 3.54. The molecule has 0 aliphatic heterocycles. The molecule has 1 saturated carbocycles. The van der Waals surface area contributed by atoms with Crippen LogP contribution in [-0.4, -0.2) is 38.5 Å². The molecular formula is C30H34N6O3. The Kier molecular flexibility index (Phi) is 7.32. The number of benzene rings is 2. The summed E-state index contributed by atoms with van der Waals surface area (Å²) in [6.07, 6.45) is 4.97. The maximum Gasteiger partial charge on any atom is 0.258 e. The molecule has 0 bridgehead atoms. The molecule has 5 rings (SSSR count). The molecule has 2 aromatic heterocycles. The fourth-order valence-electron chi connectivity index (χ4n) is 5.08. The van der Waals surface area contributed by atoms with Crippen molar-refractivity contribution in [1.29, 1.82) is 0 Å². The summed E-state index contributed by atoms with van der Waals surface area (Å²) in [4.78, 5) is 34.7. The largest absolute Gasteiger partial charge is 0.397 e. The van der Waals surface area contributed by atoms with Gasteiger partial charge in [-0.15, -0.1) is 0 Å². The molecule has 1 amide bonds. The molecule has 9 nitrogen and oxygen atoms in total. The van der Waals surface area contributed by atoms with E-state index in [1.165, 1.54) is 7.11 Å². The normalized spacial score (nSPS) is 14.4. The minimum absolute atomic E-state index is 0.0289. The lowest BCUT2D eigenvalue weighted by atomic mass is 9.96. The van der Waals surface area contributed by atoms with Crippen LogP contribution in [-0.2, 0) is 29.0 Å². The van der Waals surface area contributed by atoms with E-state index in [0.29, 0.717) is 36.8 Å². The highest BCUT2D eigenvalue weighted by atomic mass is 16.6. The number of aryl methyl sites for hydroxylation is 2. The van der Waals surface area contributed by atoms with Crippen LogP contribution in [0.1, 0.15) is 61.3 Å². The SMILES string of the molecule is CCCc1c(Cc2ccc(-c3ccccc3/C(=N/OC)NC=O)cc2)c(=O)n(CC2(C)CC2)c2nc(C)nn12. The molecule has 0 unspecified atom stereocenters. The van der Waals surface area contributed by atoms with Crippen molar-refractivity contribution < 1.29 is 9.63 Å². The van der Waals surface area contributed by atoms with Crippen LogP contribution in [0.5, 0.6) is 0 Å². The Balaban J connectivity index is 1.54. The lowest BCUT2D eigenvalue weighted by Crippen LogP contribution is -2.31. The van der Waals surface area contributed by atoms with Crippen molar-refractivity contribution in [3.63, 3.8) is 0 Å². The molecule has 1 aliphatic rings. The lowest BCUT2D eigenvalue weighted by molar-refractivity contribution is -0.108. The zero-order chi connectivity index (χ0) is 27.6. The van der Waals surface area contributed by atoms with E-state index in [1.807, 2.05) is 64.5 Å². The van der Waals surface area contributed by atoms with E-state index in [4.69, 9.17) is 4.84 Å². The molecule has 2 heterocycles. The van der Waals surface area contributed by atoms with Gasteiger partial charge >= 0.3 is 0 Å². The summed E-state index contributed by atoms with van der Waals surface area (Å²) < 4.78 is 3.73. The second-order valence-corrected chi connectivity index (χ2v) is 10.6. The number of rotatable bonds is 10. The quantitative estimate of drug-likeness (QED) is 0.144. The van der Waals surface area contributed by atoms with Gasteiger partial charge in [0, 0.05) is 24.1 Å². The third-order valence-electron chi connectivity index (χ3n) is 7.38. The van der Waals surface area contributed by atoms with Gasteiger partial charge in [-0.2, -0.15) is 10.1 Å². The minimum atomic E-state index is 0.0289. The fourth-order valence-corrected chi connectivity index (χ4v) is 5.08. The van der Waals surface area contributed by atoms with Crippen LogP contribution in [0.15, 0.2) is 58.5 Å². The summed E-state index contributed by atoms with van der Waals surface area (Å²) in [5.41, 5.74) is 5.52. The number of carbonyl (C=O) groups is 1. The van der Waals surface area contributed by atoms with Gasteiger partial charge in [0.15, 0.2) is 5.84 Å². The molecule has 9 heteroatoms. The van der Waals surface area contributed by atoms with Crippen molar-refractivity contribution in [2.24, 2.45) is 10.6 Å². The van der Waals surface area contributed by atoms with Gasteiger partial charge in [-0.25, -0.2) is 4.52 Å². The second kappa shape index (κ2) is 10.8. The Morgan fingerprint density at radius 1 is 1.18 bits per heavy atom. The molecule has 1 aliphatic carbocycles. The predicted octanol–water partition coefficient (Wildman–Crippen LogP) is 4.26. The first-order chi connectivity index (χ1) is 18.9. The third-order valence-corrected chi connectivity index (χ3v) is 7.38. The zero-order valence-electron chi connectivity index (χ0n) is 22.9. The van der Waals surface area contributed by atoms with Crippen LogP contribution in [0.3, 0.4) is 0 Å². The predicted molar refractivity (Wildman–Crippen MR) is 151 cm³/mol. The molecule has 1 fully saturated rings. The van der Waals surface area contributed by atoms with Crippen LogP contribution in [0, 0.1) is 12.3 Å². The number of hydrogen-bond donors (Lipinski definition) is 1. The smallest absolute Gasteiger partial charge is 0.258 e. The number of amidine groups is 1. The molecule has 4 aromatic rings. The molecule has 2 aromatic carbocycles. The van der Waals surface area contributed by atoms with E-state index in [2.05, 4.69) is 34.4 Å². The number of oxime groups is 1. The van der Waals surface area contributed by atoms with Crippen molar-refractivity contribution in [2.75, 3.05) is 7.11 Å². The van der Waals surface area contributed by atoms with Crippen molar-refractivity contribution >= 4 is 18.0 Å². The summed E-state index contributed by atoms with van der Waals surface area (Å²) in [6, 6.07) is 15.8. The maximum atomic E-state index is 14.0. The summed E-state index contributed by atoms with van der Waals surface area (Å²) in [6.45, 7) is 6.87. The Hall–Kier alpha value is -4.27. The van der Waals surface area contributed by atoms with Gasteiger partial charge < -0.3 is 10.2 Å². The highest BCUT2D eigenvalue weighted by Crippen LogP contribution is 2.46. The van der Waals surface area contributed by atoms with Crippen molar-refractivity contribution in [3.05, 3.63) is 87.1 Å². The molecule has 39 heavy (non-hydrogen) atoms. The summed E-state index contributed by atoms with van der Waals surface area (Å²) >= 11 is 0. The van der Waals surface area contributed by atoms with Gasteiger partial charge in [-0.3, -0.25) is 14.2 Å². The van der Waals surface area contributed by atoms with Crippen molar-refractivity contribution in [1.82, 2.24) is 24.5 Å². The van der Waals surface area contributed by atoms with Gasteiger partial charge in [-0.1, -0.05) is 74.0 Å². The van der Waals surface area contributed by atoms with E-state index < -0.39 is 0 Å². The Bertz CT molecular complexity index is 1600. The van der Waals surface area contributed by atoms with E-state index >= 15 is 0 Å². The third kappa shape index (κ3) is 5.34. The highest BCUT2D eigenvalue weighted by Gasteiger charge is 2.39. The molecule has 0 saturated heterocycles. The first kappa shape index (κ1) is 26.3. The first-order valence-corrected chi connectivity index (χ1v) is 13.4. The second-order valence-electron chi connectivity index (χ2n) is 10.6. The van der Waals surface area contributed by atoms with Crippen molar-refractivity contribution in [2.45, 2.75) is 59.4 Å². The lowest BCUT2D eigenvalue weighted by Gasteiger charge is -2.17. The fraction of sp³-hybridized carbons (Fsp3) is 0.367. The number of hydrogen-bond acceptors (Lipinski definition) is 6. The Morgan fingerprint density at radius 2 is 1.92 bits per heavy atom. The zero-order valence-corrected chi connectivity index (χ0v) is 22.9. The van der Waals surface area contributed by atoms with Gasteiger partial charge in [-0.05, 0) is 48.3 Å². The van der Waals surface area contributed by atoms with Crippen LogP contribution in [0.2, 0.25) is 0 Å². The Labute approximate surface area is 227 Å². The van der Waals surface area contributed by atoms with Crippen LogP contribution >= 0.6 is 0 Å². The van der Waals surface area contributed by atoms with Crippen LogP contribution < -0.4 is 10.9 Å². The minimum Gasteiger partial charge on any atom is -0.397 e. The number of fused-ring (bicyclic) bond motifs is 1. The van der Waals surface area contributed by atoms with E-state index in [1.54, 1.807) is 0 Å². The van der Waals surface area contributed by atoms with Gasteiger partial charge in [0.05, 0.1) is 5.69 Å². The topological polar surface area (TPSA) is 103 Å². The summed E-state index contributed by atoms with van der Waals surface area (Å²) in [5.74, 6) is 1.64. The molecule has 0 radical (unpaired) electrons. The maximum absolute atomic E-state index is 14.0. The monoisotopic (exact) mass is 526 g/mol. The number of nitrogens with one attached hydrogen (secondary N) is 1. The van der Waals surface area contributed by atoms with E-state index in [9.17, 15) is 9.59 Å². The molecule has 1 N–H and O–H groups in total.